The number of nitrogens with zero attached hydrogens (tertiary/aromatic N) is 6. The summed E-state index contributed by atoms with van der Waals surface area (Å²) in [4.78, 5) is 44.9. The summed E-state index contributed by atoms with van der Waals surface area (Å²) in [6.07, 6.45) is 7.82. The largest absolute Gasteiger partial charge is 0.451 e. The second kappa shape index (κ2) is 12.1. The highest BCUT2D eigenvalue weighted by molar-refractivity contribution is 5.97. The number of hydrogen-bond acceptors (Lipinski definition) is 8. The topological polar surface area (TPSA) is 101 Å². The van der Waals surface area contributed by atoms with Gasteiger partial charge < -0.3 is 19.3 Å². The van der Waals surface area contributed by atoms with E-state index in [1.165, 1.54) is 30.1 Å². The summed E-state index contributed by atoms with van der Waals surface area (Å²) < 4.78 is 26.1. The van der Waals surface area contributed by atoms with Crippen LogP contribution in [0.5, 0.6) is 11.5 Å². The van der Waals surface area contributed by atoms with Crippen LogP contribution < -0.4 is 9.64 Å². The number of rotatable bonds is 8. The Morgan fingerprint density at radius 2 is 1.87 bits per heavy atom. The predicted octanol–water partition coefficient (Wildman–Crippen LogP) is 6.38. The zero-order valence-electron chi connectivity index (χ0n) is 27.5. The van der Waals surface area contributed by atoms with Crippen molar-refractivity contribution in [1.82, 2.24) is 24.8 Å². The first-order valence-corrected chi connectivity index (χ1v) is 16.1. The second-order valence-corrected chi connectivity index (χ2v) is 14.2. The van der Waals surface area contributed by atoms with Crippen molar-refractivity contribution in [1.29, 1.82) is 0 Å². The summed E-state index contributed by atoms with van der Waals surface area (Å²) in [5.41, 5.74) is 3.24. The van der Waals surface area contributed by atoms with E-state index in [1.54, 1.807) is 16.0 Å². The van der Waals surface area contributed by atoms with Crippen molar-refractivity contribution in [2.45, 2.75) is 85.5 Å². The summed E-state index contributed by atoms with van der Waals surface area (Å²) in [6.45, 7) is 14.6. The summed E-state index contributed by atoms with van der Waals surface area (Å²) in [5.74, 6) is 1.14. The van der Waals surface area contributed by atoms with E-state index >= 15 is 0 Å². The third-order valence-electron chi connectivity index (χ3n) is 9.16. The minimum Gasteiger partial charge on any atom is -0.451 e. The fourth-order valence-corrected chi connectivity index (χ4v) is 7.17. The molecule has 0 N–H and O–H groups in total. The number of amides is 2. The van der Waals surface area contributed by atoms with E-state index in [4.69, 9.17) is 9.47 Å². The first-order valence-electron chi connectivity index (χ1n) is 16.1. The Morgan fingerprint density at radius 3 is 2.57 bits per heavy atom. The molecule has 2 aromatic heterocycles. The summed E-state index contributed by atoms with van der Waals surface area (Å²) in [5, 5.41) is 0. The molecule has 2 aliphatic heterocycles. The Bertz CT molecular complexity index is 1630. The molecule has 0 radical (unpaired) electrons. The fraction of sp³-hybridized carbons (Fsp3) is 0.514. The van der Waals surface area contributed by atoms with E-state index in [0.29, 0.717) is 37.1 Å². The molecule has 2 fully saturated rings. The van der Waals surface area contributed by atoms with Crippen LogP contribution in [0.25, 0.3) is 0 Å². The minimum atomic E-state index is -0.537. The lowest BCUT2D eigenvalue weighted by Crippen LogP contribution is -2.63. The lowest BCUT2D eigenvalue weighted by atomic mass is 9.56. The van der Waals surface area contributed by atoms with Crippen LogP contribution in [0.15, 0.2) is 43.0 Å². The van der Waals surface area contributed by atoms with Gasteiger partial charge in [-0.1, -0.05) is 0 Å². The van der Waals surface area contributed by atoms with E-state index in [-0.39, 0.29) is 34.8 Å². The molecule has 1 saturated heterocycles. The lowest BCUT2D eigenvalue weighted by molar-refractivity contribution is 0.0225. The number of anilines is 1. The van der Waals surface area contributed by atoms with Gasteiger partial charge in [0.25, 0.3) is 5.91 Å². The molecule has 3 aliphatic rings. The maximum atomic E-state index is 14.3. The van der Waals surface area contributed by atoms with Crippen molar-refractivity contribution in [3.05, 3.63) is 71.2 Å². The quantitative estimate of drug-likeness (QED) is 0.283. The number of aromatic nitrogens is 3. The number of fused-ring (bicyclic) bond motifs is 1. The van der Waals surface area contributed by atoms with E-state index in [9.17, 15) is 14.0 Å². The molecule has 0 unspecified atom stereocenters. The molecule has 1 aromatic carbocycles. The van der Waals surface area contributed by atoms with Crippen LogP contribution in [-0.2, 0) is 24.2 Å². The third kappa shape index (κ3) is 6.37. The lowest BCUT2D eigenvalue weighted by Gasteiger charge is -2.59. The number of halogens is 1. The first kappa shape index (κ1) is 31.7. The molecule has 1 saturated carbocycles. The van der Waals surface area contributed by atoms with Crippen LogP contribution >= 0.6 is 0 Å². The van der Waals surface area contributed by atoms with Gasteiger partial charge in [-0.15, -0.1) is 0 Å². The number of ether oxygens (including phenoxy) is 2. The van der Waals surface area contributed by atoms with Gasteiger partial charge in [-0.2, -0.15) is 0 Å². The molecule has 11 heteroatoms. The molecule has 3 aromatic rings. The van der Waals surface area contributed by atoms with Crippen molar-refractivity contribution < 1.29 is 23.5 Å². The van der Waals surface area contributed by atoms with Gasteiger partial charge in [-0.3, -0.25) is 14.7 Å². The minimum absolute atomic E-state index is 0.0424. The van der Waals surface area contributed by atoms with Gasteiger partial charge in [-0.05, 0) is 102 Å². The van der Waals surface area contributed by atoms with Gasteiger partial charge in [0.05, 0.1) is 30.5 Å². The number of carbonyl (C=O) groups excluding carboxylic acids is 2. The average Bonchev–Trinajstić information content (AvgIpc) is 3.40. The number of benzene rings is 1. The third-order valence-corrected chi connectivity index (χ3v) is 9.16. The highest BCUT2D eigenvalue weighted by Gasteiger charge is 2.53. The van der Waals surface area contributed by atoms with Crippen molar-refractivity contribution in [2.24, 2.45) is 11.3 Å². The maximum absolute atomic E-state index is 14.3. The molecule has 4 heterocycles. The van der Waals surface area contributed by atoms with Gasteiger partial charge in [-0.25, -0.2) is 19.2 Å². The second-order valence-electron chi connectivity index (χ2n) is 14.2. The van der Waals surface area contributed by atoms with E-state index < -0.39 is 11.4 Å². The highest BCUT2D eigenvalue weighted by Crippen LogP contribution is 2.54. The molecule has 2 amide bonds. The fourth-order valence-electron chi connectivity index (χ4n) is 7.17. The van der Waals surface area contributed by atoms with E-state index in [1.807, 2.05) is 47.7 Å². The molecular formula is C35H43FN6O4. The smallest absolute Gasteiger partial charge is 0.410 e. The van der Waals surface area contributed by atoms with Gasteiger partial charge in [0.2, 0.25) is 0 Å². The van der Waals surface area contributed by atoms with Crippen molar-refractivity contribution in [3.8, 4) is 11.5 Å². The highest BCUT2D eigenvalue weighted by atomic mass is 19.1. The predicted molar refractivity (Wildman–Crippen MR) is 171 cm³/mol. The van der Waals surface area contributed by atoms with Crippen LogP contribution in [0, 0.1) is 17.2 Å². The number of pyridine rings is 1. The summed E-state index contributed by atoms with van der Waals surface area (Å²) >= 11 is 0. The number of carbonyl (C=O) groups is 2. The molecule has 1 spiro atoms. The van der Waals surface area contributed by atoms with Crippen LogP contribution in [0.2, 0.25) is 0 Å². The molecule has 10 nitrogen and oxygen atoms in total. The Labute approximate surface area is 269 Å². The normalized spacial score (nSPS) is 17.0. The Hall–Kier alpha value is -4.28. The summed E-state index contributed by atoms with van der Waals surface area (Å²) in [6, 6.07) is 6.06. The van der Waals surface area contributed by atoms with Crippen LogP contribution in [-0.4, -0.2) is 68.0 Å². The maximum Gasteiger partial charge on any atom is 0.410 e. The van der Waals surface area contributed by atoms with E-state index in [0.717, 1.165) is 43.6 Å². The molecule has 1 aliphatic carbocycles. The molecule has 6 rings (SSSR count). The van der Waals surface area contributed by atoms with Gasteiger partial charge in [0.15, 0.2) is 11.6 Å². The molecule has 0 bridgehead atoms. The molecule has 46 heavy (non-hydrogen) atoms. The number of hydrogen-bond donors (Lipinski definition) is 0. The van der Waals surface area contributed by atoms with Crippen molar-refractivity contribution >= 4 is 17.8 Å². The SMILES string of the molecule is CCN(C(=O)c1cc(F)ccc1Oc1cncnc1N1CC2(CC(Cc3ccnc4c3CN(C(=O)OC(C)(C)C)C4)C2)C1)C(C)C. The molecular weight excluding hydrogens is 587 g/mol. The van der Waals surface area contributed by atoms with E-state index in [2.05, 4.69) is 25.9 Å². The Balaban J connectivity index is 1.08. The van der Waals surface area contributed by atoms with Crippen LogP contribution in [0.3, 0.4) is 0 Å². The van der Waals surface area contributed by atoms with Crippen LogP contribution in [0.4, 0.5) is 15.0 Å². The standard InChI is InChI=1S/C35H43FN6O4/c1-7-42(22(2)3)32(43)26-13-25(36)8-9-29(26)45-30-16-37-21-39-31(30)41-19-35(20-41)14-23(15-35)12-24-10-11-38-28-18-40(17-27(24)28)33(44)46-34(4,5)6/h8-11,13,16,21-23H,7,12,14-15,17-20H2,1-6H3. The zero-order chi connectivity index (χ0) is 32.8. The average molecular weight is 631 g/mol. The molecule has 244 valence electrons. The first-order chi connectivity index (χ1) is 21.8. The van der Waals surface area contributed by atoms with Gasteiger partial charge in [0.1, 0.15) is 23.5 Å². The summed E-state index contributed by atoms with van der Waals surface area (Å²) in [7, 11) is 0. The van der Waals surface area contributed by atoms with Crippen LogP contribution in [0.1, 0.15) is 81.6 Å². The Morgan fingerprint density at radius 1 is 1.11 bits per heavy atom. The monoisotopic (exact) mass is 630 g/mol. The van der Waals surface area contributed by atoms with Gasteiger partial charge >= 0.3 is 6.09 Å². The van der Waals surface area contributed by atoms with Gasteiger partial charge in [0, 0.05) is 37.3 Å². The van der Waals surface area contributed by atoms with Crippen molar-refractivity contribution in [2.75, 3.05) is 24.5 Å². The molecule has 0 atom stereocenters. The zero-order valence-corrected chi connectivity index (χ0v) is 27.5. The Kier molecular flexibility index (Phi) is 8.37. The van der Waals surface area contributed by atoms with Crippen molar-refractivity contribution in [3.63, 3.8) is 0 Å².